The molecule has 0 aromatic heterocycles. The van der Waals surface area contributed by atoms with Crippen LogP contribution in [0.4, 0.5) is 0 Å². The lowest BCUT2D eigenvalue weighted by Crippen LogP contribution is -2.22. The Kier molecular flexibility index (Phi) is 6.11. The highest BCUT2D eigenvalue weighted by Gasteiger charge is 2.25. The van der Waals surface area contributed by atoms with Crippen molar-refractivity contribution in [3.8, 4) is 0 Å². The van der Waals surface area contributed by atoms with Crippen LogP contribution in [0.3, 0.4) is 0 Å². The third-order valence-electron chi connectivity index (χ3n) is 2.33. The Morgan fingerprint density at radius 1 is 1.62 bits per heavy atom. The van der Waals surface area contributed by atoms with E-state index in [0.717, 1.165) is 38.4 Å². The van der Waals surface area contributed by atoms with Gasteiger partial charge in [0.1, 0.15) is 6.10 Å². The molecule has 0 bridgehead atoms. The van der Waals surface area contributed by atoms with Crippen LogP contribution in [-0.4, -0.2) is 31.6 Å². The van der Waals surface area contributed by atoms with Gasteiger partial charge in [-0.2, -0.15) is 0 Å². The first-order chi connectivity index (χ1) is 7.76. The maximum absolute atomic E-state index is 11.1. The number of carbonyl (C=O) groups is 1. The molecule has 2 unspecified atom stereocenters. The van der Waals surface area contributed by atoms with Crippen molar-refractivity contribution in [1.82, 2.24) is 0 Å². The Labute approximate surface area is 96.6 Å². The van der Waals surface area contributed by atoms with E-state index < -0.39 is 12.3 Å². The smallest absolute Gasteiger partial charge is 0.332 e. The molecule has 92 valence electrons. The van der Waals surface area contributed by atoms with Crippen molar-refractivity contribution in [2.45, 2.75) is 45.0 Å². The van der Waals surface area contributed by atoms with Crippen LogP contribution in [0.1, 0.15) is 32.6 Å². The van der Waals surface area contributed by atoms with E-state index >= 15 is 0 Å². The first kappa shape index (κ1) is 13.2. The molecule has 0 amide bonds. The maximum atomic E-state index is 11.1. The highest BCUT2D eigenvalue weighted by Crippen LogP contribution is 2.14. The largest absolute Gasteiger partial charge is 0.433 e. The predicted molar refractivity (Wildman–Crippen MR) is 59.9 cm³/mol. The van der Waals surface area contributed by atoms with E-state index in [4.69, 9.17) is 14.2 Å². The van der Waals surface area contributed by atoms with Gasteiger partial charge < -0.3 is 14.2 Å². The van der Waals surface area contributed by atoms with E-state index in [0.29, 0.717) is 6.61 Å². The second-order valence-electron chi connectivity index (χ2n) is 3.86. The zero-order valence-corrected chi connectivity index (χ0v) is 9.81. The number of unbranched alkanes of at least 4 members (excludes halogenated alkanes) is 2. The molecule has 4 nitrogen and oxygen atoms in total. The van der Waals surface area contributed by atoms with Crippen molar-refractivity contribution < 1.29 is 19.0 Å². The minimum Gasteiger partial charge on any atom is -0.433 e. The third-order valence-corrected chi connectivity index (χ3v) is 2.33. The van der Waals surface area contributed by atoms with Crippen LogP contribution in [0, 0.1) is 0 Å². The summed E-state index contributed by atoms with van der Waals surface area (Å²) in [5.74, 6) is -0.432. The second kappa shape index (κ2) is 7.41. The van der Waals surface area contributed by atoms with Gasteiger partial charge in [-0.15, -0.1) is 0 Å². The summed E-state index contributed by atoms with van der Waals surface area (Å²) in [5.41, 5.74) is 0. The summed E-state index contributed by atoms with van der Waals surface area (Å²) in [6.45, 7) is 6.74. The molecular formula is C12H20O4. The molecule has 1 fully saturated rings. The quantitative estimate of drug-likeness (QED) is 0.199. The van der Waals surface area contributed by atoms with E-state index in [1.807, 2.05) is 0 Å². The van der Waals surface area contributed by atoms with Gasteiger partial charge in [-0.1, -0.05) is 26.3 Å². The van der Waals surface area contributed by atoms with Gasteiger partial charge in [-0.3, -0.25) is 0 Å². The number of hydrogen-bond donors (Lipinski definition) is 0. The van der Waals surface area contributed by atoms with Crippen molar-refractivity contribution >= 4 is 5.97 Å². The van der Waals surface area contributed by atoms with Crippen LogP contribution in [0.2, 0.25) is 0 Å². The van der Waals surface area contributed by atoms with Crippen LogP contribution in [0.5, 0.6) is 0 Å². The lowest BCUT2D eigenvalue weighted by atomic mass is 10.2. The fourth-order valence-corrected chi connectivity index (χ4v) is 1.29. The van der Waals surface area contributed by atoms with Crippen molar-refractivity contribution in [1.29, 1.82) is 0 Å². The van der Waals surface area contributed by atoms with Gasteiger partial charge in [-0.25, -0.2) is 4.79 Å². The Hall–Kier alpha value is -0.870. The minimum atomic E-state index is -0.457. The van der Waals surface area contributed by atoms with E-state index in [2.05, 4.69) is 13.5 Å². The average Bonchev–Trinajstić information content (AvgIpc) is 3.09. The number of ether oxygens (including phenoxy) is 3. The van der Waals surface area contributed by atoms with E-state index in [1.54, 1.807) is 0 Å². The summed E-state index contributed by atoms with van der Waals surface area (Å²) in [5, 5.41) is 0. The first-order valence-corrected chi connectivity index (χ1v) is 5.82. The average molecular weight is 228 g/mol. The molecule has 1 aliphatic heterocycles. The number of carbonyl (C=O) groups excluding carboxylic acids is 1. The molecule has 1 saturated heterocycles. The molecule has 16 heavy (non-hydrogen) atoms. The third kappa shape index (κ3) is 5.88. The highest BCUT2D eigenvalue weighted by atomic mass is 16.7. The number of epoxide rings is 1. The monoisotopic (exact) mass is 228 g/mol. The van der Waals surface area contributed by atoms with Gasteiger partial charge in [0.05, 0.1) is 13.2 Å². The van der Waals surface area contributed by atoms with Crippen LogP contribution in [-0.2, 0) is 19.0 Å². The molecule has 1 aliphatic rings. The molecule has 0 aromatic carbocycles. The summed E-state index contributed by atoms with van der Waals surface area (Å²) in [6, 6.07) is 0. The van der Waals surface area contributed by atoms with Crippen LogP contribution >= 0.6 is 0 Å². The van der Waals surface area contributed by atoms with E-state index in [1.165, 1.54) is 0 Å². The number of esters is 1. The fourth-order valence-electron chi connectivity index (χ4n) is 1.29. The van der Waals surface area contributed by atoms with Crippen LogP contribution < -0.4 is 0 Å². The van der Waals surface area contributed by atoms with Crippen molar-refractivity contribution in [2.75, 3.05) is 13.2 Å². The molecule has 0 spiro atoms. The molecule has 1 heterocycles. The molecule has 2 atom stereocenters. The molecule has 1 rings (SSSR count). The zero-order valence-electron chi connectivity index (χ0n) is 9.81. The summed E-state index contributed by atoms with van der Waals surface area (Å²) >= 11 is 0. The number of hydrogen-bond acceptors (Lipinski definition) is 4. The van der Waals surface area contributed by atoms with E-state index in [-0.39, 0.29) is 6.10 Å². The molecule has 0 N–H and O–H groups in total. The van der Waals surface area contributed by atoms with Crippen molar-refractivity contribution in [3.05, 3.63) is 12.7 Å². The minimum absolute atomic E-state index is 0.191. The molecular weight excluding hydrogens is 208 g/mol. The van der Waals surface area contributed by atoms with Crippen LogP contribution in [0.25, 0.3) is 0 Å². The van der Waals surface area contributed by atoms with Gasteiger partial charge >= 0.3 is 5.97 Å². The second-order valence-corrected chi connectivity index (χ2v) is 3.86. The van der Waals surface area contributed by atoms with Gasteiger partial charge in [-0.05, 0) is 6.42 Å². The summed E-state index contributed by atoms with van der Waals surface area (Å²) < 4.78 is 15.6. The van der Waals surface area contributed by atoms with Crippen molar-refractivity contribution in [2.24, 2.45) is 0 Å². The molecule has 0 aromatic rings. The zero-order chi connectivity index (χ0) is 11.8. The van der Waals surface area contributed by atoms with Crippen molar-refractivity contribution in [3.63, 3.8) is 0 Å². The Morgan fingerprint density at radius 3 is 2.94 bits per heavy atom. The first-order valence-electron chi connectivity index (χ1n) is 5.82. The molecule has 0 saturated carbocycles. The summed E-state index contributed by atoms with van der Waals surface area (Å²) in [6.07, 6.45) is 4.87. The Balaban J connectivity index is 2.20. The summed E-state index contributed by atoms with van der Waals surface area (Å²) in [7, 11) is 0. The topological polar surface area (TPSA) is 48.1 Å². The van der Waals surface area contributed by atoms with Gasteiger partial charge in [0.2, 0.25) is 6.29 Å². The fraction of sp³-hybridized carbons (Fsp3) is 0.750. The van der Waals surface area contributed by atoms with Gasteiger partial charge in [0, 0.05) is 12.5 Å². The molecule has 0 radical (unpaired) electrons. The Bertz CT molecular complexity index is 223. The molecule has 4 heteroatoms. The lowest BCUT2D eigenvalue weighted by molar-refractivity contribution is -0.175. The summed E-state index contributed by atoms with van der Waals surface area (Å²) in [4.78, 5) is 11.1. The molecule has 0 aliphatic carbocycles. The van der Waals surface area contributed by atoms with Gasteiger partial charge in [0.15, 0.2) is 0 Å². The van der Waals surface area contributed by atoms with Crippen LogP contribution in [0.15, 0.2) is 12.7 Å². The SMILES string of the molecule is C=CC(=O)OC(CCCCC)OCC1CO1. The maximum Gasteiger partial charge on any atom is 0.332 e. The normalized spacial score (nSPS) is 20.2. The number of rotatable bonds is 9. The van der Waals surface area contributed by atoms with E-state index in [9.17, 15) is 4.79 Å². The lowest BCUT2D eigenvalue weighted by Gasteiger charge is -2.16. The van der Waals surface area contributed by atoms with Gasteiger partial charge in [0.25, 0.3) is 0 Å². The highest BCUT2D eigenvalue weighted by molar-refractivity contribution is 5.81. The standard InChI is InChI=1S/C12H20O4/c1-3-5-6-7-12(16-11(13)4-2)15-9-10-8-14-10/h4,10,12H,2-3,5-9H2,1H3. The predicted octanol–water partition coefficient (Wildman–Crippen LogP) is 2.04. The Morgan fingerprint density at radius 2 is 2.38 bits per heavy atom.